The molecule has 7 heteroatoms. The lowest BCUT2D eigenvalue weighted by Gasteiger charge is -2.20. The molecule has 0 saturated heterocycles. The highest BCUT2D eigenvalue weighted by atomic mass is 35.5. The number of thiazole rings is 1. The van der Waals surface area contributed by atoms with Gasteiger partial charge in [0.25, 0.3) is 0 Å². The van der Waals surface area contributed by atoms with Gasteiger partial charge in [-0.05, 0) is 26.2 Å². The van der Waals surface area contributed by atoms with E-state index in [1.807, 2.05) is 20.2 Å². The monoisotopic (exact) mass is 325 g/mol. The van der Waals surface area contributed by atoms with Crippen molar-refractivity contribution in [2.24, 2.45) is 11.7 Å². The minimum atomic E-state index is 0. The van der Waals surface area contributed by atoms with Crippen molar-refractivity contribution in [2.75, 3.05) is 7.05 Å². The van der Waals surface area contributed by atoms with Crippen molar-refractivity contribution in [1.82, 2.24) is 9.88 Å². The molecule has 4 nitrogen and oxygen atoms in total. The van der Waals surface area contributed by atoms with E-state index in [9.17, 15) is 4.79 Å². The average Bonchev–Trinajstić information content (AvgIpc) is 2.87. The third-order valence-electron chi connectivity index (χ3n) is 3.26. The summed E-state index contributed by atoms with van der Waals surface area (Å²) in [5.41, 5.74) is 5.84. The van der Waals surface area contributed by atoms with Crippen molar-refractivity contribution in [3.05, 3.63) is 16.1 Å². The van der Waals surface area contributed by atoms with Gasteiger partial charge in [-0.1, -0.05) is 0 Å². The predicted molar refractivity (Wildman–Crippen MR) is 83.1 cm³/mol. The Bertz CT molecular complexity index is 413. The molecule has 2 N–H and O–H groups in total. The zero-order chi connectivity index (χ0) is 12.4. The van der Waals surface area contributed by atoms with Crippen LogP contribution in [0.2, 0.25) is 0 Å². The summed E-state index contributed by atoms with van der Waals surface area (Å²) >= 11 is 1.65. The number of rotatable bonds is 3. The van der Waals surface area contributed by atoms with Crippen molar-refractivity contribution in [1.29, 1.82) is 0 Å². The maximum atomic E-state index is 12.2. The first-order valence-corrected chi connectivity index (χ1v) is 6.79. The maximum absolute atomic E-state index is 12.2. The molecule has 2 unspecified atom stereocenters. The number of nitrogens with zero attached hydrogens (tertiary/aromatic N) is 2. The lowest BCUT2D eigenvalue weighted by molar-refractivity contribution is -0.134. The maximum Gasteiger partial charge on any atom is 0.225 e. The Hall–Kier alpha value is -0.360. The van der Waals surface area contributed by atoms with Gasteiger partial charge in [0.05, 0.1) is 11.6 Å². The molecule has 1 aliphatic carbocycles. The van der Waals surface area contributed by atoms with E-state index in [1.54, 1.807) is 16.2 Å². The van der Waals surface area contributed by atoms with Crippen LogP contribution in [0.25, 0.3) is 0 Å². The summed E-state index contributed by atoms with van der Waals surface area (Å²) in [7, 11) is 1.86. The molecule has 1 fully saturated rings. The van der Waals surface area contributed by atoms with E-state index in [0.717, 1.165) is 29.1 Å². The van der Waals surface area contributed by atoms with Crippen LogP contribution in [-0.4, -0.2) is 28.9 Å². The van der Waals surface area contributed by atoms with Crippen molar-refractivity contribution >= 4 is 42.1 Å². The van der Waals surface area contributed by atoms with E-state index < -0.39 is 0 Å². The molecule has 0 radical (unpaired) electrons. The SMILES string of the molecule is Cc1ncc(CN(C)C(=O)C2CCC(N)C2)s1.Cl.Cl. The van der Waals surface area contributed by atoms with Gasteiger partial charge >= 0.3 is 0 Å². The fourth-order valence-corrected chi connectivity index (χ4v) is 3.19. The summed E-state index contributed by atoms with van der Waals surface area (Å²) in [6.45, 7) is 2.64. The molecule has 0 bridgehead atoms. The Kier molecular flexibility index (Phi) is 7.89. The number of hydrogen-bond acceptors (Lipinski definition) is 4. The zero-order valence-corrected chi connectivity index (χ0v) is 13.6. The van der Waals surface area contributed by atoms with Gasteiger partial charge < -0.3 is 10.6 Å². The number of carbonyl (C=O) groups is 1. The first-order valence-electron chi connectivity index (χ1n) is 5.98. The summed E-state index contributed by atoms with van der Waals surface area (Å²) in [5, 5.41) is 1.05. The van der Waals surface area contributed by atoms with E-state index in [0.29, 0.717) is 6.54 Å². The molecule has 2 atom stereocenters. The quantitative estimate of drug-likeness (QED) is 0.928. The Morgan fingerprint density at radius 3 is 2.68 bits per heavy atom. The summed E-state index contributed by atoms with van der Waals surface area (Å²) in [5.74, 6) is 0.355. The molecular weight excluding hydrogens is 305 g/mol. The van der Waals surface area contributed by atoms with E-state index in [2.05, 4.69) is 4.98 Å². The first-order chi connectivity index (χ1) is 8.06. The van der Waals surface area contributed by atoms with Gasteiger partial charge in [0, 0.05) is 30.1 Å². The molecule has 1 aromatic heterocycles. The molecule has 110 valence electrons. The number of nitrogens with two attached hydrogens (primary N) is 1. The Labute approximate surface area is 130 Å². The second-order valence-corrected chi connectivity index (χ2v) is 6.13. The highest BCUT2D eigenvalue weighted by molar-refractivity contribution is 7.11. The van der Waals surface area contributed by atoms with E-state index in [1.165, 1.54) is 0 Å². The van der Waals surface area contributed by atoms with Crippen molar-refractivity contribution in [2.45, 2.75) is 38.8 Å². The van der Waals surface area contributed by atoms with Gasteiger partial charge in [0.1, 0.15) is 0 Å². The molecule has 0 spiro atoms. The lowest BCUT2D eigenvalue weighted by Crippen LogP contribution is -2.32. The number of halogens is 2. The minimum Gasteiger partial charge on any atom is -0.340 e. The molecule has 2 rings (SSSR count). The molecule has 1 aliphatic rings. The topological polar surface area (TPSA) is 59.2 Å². The largest absolute Gasteiger partial charge is 0.340 e. The van der Waals surface area contributed by atoms with E-state index >= 15 is 0 Å². The van der Waals surface area contributed by atoms with Gasteiger partial charge in [-0.2, -0.15) is 0 Å². The van der Waals surface area contributed by atoms with Crippen LogP contribution in [-0.2, 0) is 11.3 Å². The molecule has 1 aromatic rings. The predicted octanol–water partition coefficient (Wildman–Crippen LogP) is 2.38. The van der Waals surface area contributed by atoms with Gasteiger partial charge in [-0.15, -0.1) is 36.2 Å². The summed E-state index contributed by atoms with van der Waals surface area (Å²) in [4.78, 5) is 19.3. The number of hydrogen-bond donors (Lipinski definition) is 1. The highest BCUT2D eigenvalue weighted by Crippen LogP contribution is 2.26. The lowest BCUT2D eigenvalue weighted by atomic mass is 10.1. The summed E-state index contributed by atoms with van der Waals surface area (Å²) < 4.78 is 0. The van der Waals surface area contributed by atoms with Crippen LogP contribution in [0.15, 0.2) is 6.20 Å². The third kappa shape index (κ3) is 4.91. The van der Waals surface area contributed by atoms with Crippen molar-refractivity contribution in [3.8, 4) is 0 Å². The van der Waals surface area contributed by atoms with Crippen LogP contribution in [0.4, 0.5) is 0 Å². The highest BCUT2D eigenvalue weighted by Gasteiger charge is 2.29. The Morgan fingerprint density at radius 2 is 2.21 bits per heavy atom. The van der Waals surface area contributed by atoms with E-state index in [-0.39, 0.29) is 42.7 Å². The number of aryl methyl sites for hydroxylation is 1. The van der Waals surface area contributed by atoms with Gasteiger partial charge in [-0.25, -0.2) is 4.98 Å². The number of carbonyl (C=O) groups excluding carboxylic acids is 1. The molecule has 1 saturated carbocycles. The van der Waals surface area contributed by atoms with Crippen LogP contribution in [0, 0.1) is 12.8 Å². The smallest absolute Gasteiger partial charge is 0.225 e. The second kappa shape index (κ2) is 8.04. The standard InChI is InChI=1S/C12H19N3OS.2ClH/c1-8-14-6-11(17-8)7-15(2)12(16)9-3-4-10(13)5-9;;/h6,9-10H,3-5,7,13H2,1-2H3;2*1H. The third-order valence-corrected chi connectivity index (χ3v) is 4.16. The number of amides is 1. The summed E-state index contributed by atoms with van der Waals surface area (Å²) in [6, 6.07) is 0.211. The van der Waals surface area contributed by atoms with Crippen LogP contribution in [0.1, 0.15) is 29.1 Å². The van der Waals surface area contributed by atoms with Gasteiger partial charge in [-0.3, -0.25) is 4.79 Å². The molecule has 0 aliphatic heterocycles. The van der Waals surface area contributed by atoms with Crippen molar-refractivity contribution in [3.63, 3.8) is 0 Å². The Balaban J connectivity index is 0.00000162. The molecule has 1 amide bonds. The number of aromatic nitrogens is 1. The van der Waals surface area contributed by atoms with Crippen molar-refractivity contribution < 1.29 is 4.79 Å². The Morgan fingerprint density at radius 1 is 1.53 bits per heavy atom. The second-order valence-electron chi connectivity index (χ2n) is 4.81. The summed E-state index contributed by atoms with van der Waals surface area (Å²) in [6.07, 6.45) is 4.60. The first kappa shape index (κ1) is 18.6. The average molecular weight is 326 g/mol. The van der Waals surface area contributed by atoms with Gasteiger partial charge in [0.2, 0.25) is 5.91 Å². The van der Waals surface area contributed by atoms with Crippen LogP contribution in [0.3, 0.4) is 0 Å². The molecule has 0 aromatic carbocycles. The van der Waals surface area contributed by atoms with Gasteiger partial charge in [0.15, 0.2) is 0 Å². The fourth-order valence-electron chi connectivity index (χ4n) is 2.34. The molecule has 19 heavy (non-hydrogen) atoms. The molecule has 1 heterocycles. The van der Waals surface area contributed by atoms with E-state index in [4.69, 9.17) is 5.73 Å². The van der Waals surface area contributed by atoms with Crippen LogP contribution in [0.5, 0.6) is 0 Å². The minimum absolute atomic E-state index is 0. The normalized spacial score (nSPS) is 21.4. The fraction of sp³-hybridized carbons (Fsp3) is 0.667. The van der Waals surface area contributed by atoms with Crippen LogP contribution < -0.4 is 5.73 Å². The zero-order valence-electron chi connectivity index (χ0n) is 11.2. The van der Waals surface area contributed by atoms with Crippen LogP contribution >= 0.6 is 36.2 Å². The molecular formula is C12H21Cl2N3OS.